The summed E-state index contributed by atoms with van der Waals surface area (Å²) in [5.74, 6) is 0.136. The Kier molecular flexibility index (Phi) is 6.97. The third kappa shape index (κ3) is 4.66. The topological polar surface area (TPSA) is 20.6 Å². The molecule has 2 aliphatic carbocycles. The summed E-state index contributed by atoms with van der Waals surface area (Å²) < 4.78 is 0. The van der Waals surface area contributed by atoms with Crippen LogP contribution in [0.5, 0.6) is 0 Å². The molecule has 0 saturated carbocycles. The second-order valence-electron chi connectivity index (χ2n) is 18.2. The van der Waals surface area contributed by atoms with Crippen molar-refractivity contribution < 1.29 is 4.90 Å². The average Bonchev–Trinajstić information content (AvgIpc) is 3.70. The van der Waals surface area contributed by atoms with E-state index in [1.165, 1.54) is 120 Å². The summed E-state index contributed by atoms with van der Waals surface area (Å²) in [6, 6.07) is 67.0. The fourth-order valence-corrected chi connectivity index (χ4v) is 12.4. The molecule has 11 aromatic carbocycles. The number of anilines is 2. The molecule has 3 nitrogen and oxygen atoms in total. The van der Waals surface area contributed by atoms with Crippen molar-refractivity contribution in [2.75, 3.05) is 4.90 Å². The number of nitrogens with zero attached hydrogens (tertiary/aromatic N) is 2. The second kappa shape index (κ2) is 12.9. The minimum Gasteiger partial charge on any atom is -0.331 e. The van der Waals surface area contributed by atoms with E-state index in [0.29, 0.717) is 0 Å². The van der Waals surface area contributed by atoms with Crippen LogP contribution in [0.3, 0.4) is 0 Å². The number of benzene rings is 11. The van der Waals surface area contributed by atoms with E-state index in [-0.39, 0.29) is 12.0 Å². The highest BCUT2D eigenvalue weighted by Gasteiger charge is 2.43. The van der Waals surface area contributed by atoms with Gasteiger partial charge in [0.15, 0.2) is 0 Å². The zero-order valence-electron chi connectivity index (χ0n) is 35.0. The zero-order chi connectivity index (χ0) is 41.6. The first kappa shape index (κ1) is 34.7. The molecule has 0 amide bonds. The number of aromatic nitrogens is 1. The Morgan fingerprint density at radius 2 is 1.23 bits per heavy atom. The van der Waals surface area contributed by atoms with Gasteiger partial charge < -0.3 is 4.90 Å². The van der Waals surface area contributed by atoms with E-state index in [4.69, 9.17) is 4.98 Å². The molecular formula is C61H40N3+. The third-order valence-electron chi connectivity index (χ3n) is 15.1. The van der Waals surface area contributed by atoms with Gasteiger partial charge >= 0.3 is 0 Å². The van der Waals surface area contributed by atoms with E-state index in [1.807, 2.05) is 12.3 Å². The molecule has 1 aliphatic heterocycles. The number of nitrogens with one attached hydrogen (secondary N) is 1. The lowest BCUT2D eigenvalue weighted by Crippen LogP contribution is -2.96. The summed E-state index contributed by atoms with van der Waals surface area (Å²) in [5.41, 5.74) is 12.7. The minimum absolute atomic E-state index is 0.0961. The molecule has 3 heteroatoms. The lowest BCUT2D eigenvalue weighted by Gasteiger charge is -2.32. The van der Waals surface area contributed by atoms with Gasteiger partial charge in [-0.25, -0.2) is 4.90 Å². The van der Waals surface area contributed by atoms with Crippen molar-refractivity contribution in [2.45, 2.75) is 24.8 Å². The molecule has 15 rings (SSSR count). The van der Waals surface area contributed by atoms with E-state index in [1.54, 1.807) is 0 Å². The number of hydrogen-bond donors (Lipinski definition) is 1. The zero-order valence-corrected chi connectivity index (χ0v) is 35.0. The van der Waals surface area contributed by atoms with Crippen molar-refractivity contribution >= 4 is 116 Å². The molecule has 1 aromatic heterocycles. The van der Waals surface area contributed by atoms with Crippen molar-refractivity contribution in [3.63, 3.8) is 0 Å². The molecule has 2 heterocycles. The highest BCUT2D eigenvalue weighted by atomic mass is 15.2. The first-order chi connectivity index (χ1) is 31.7. The first-order valence-corrected chi connectivity index (χ1v) is 22.7. The SMILES string of the molecule is C1=CC2C(c3ccccc31)c1c(ccc3c([NH+](c4cc5ccc6cccc7ccc(c4)c5c67)c4ccc5ccc6c7c(ccc4c57)CCC=6)cccc13)N2c1cccc2cccnc12. The highest BCUT2D eigenvalue weighted by molar-refractivity contribution is 6.23. The lowest BCUT2D eigenvalue weighted by atomic mass is 9.79. The predicted molar refractivity (Wildman–Crippen MR) is 268 cm³/mol. The number of para-hydroxylation sites is 1. The summed E-state index contributed by atoms with van der Waals surface area (Å²) in [7, 11) is 0. The van der Waals surface area contributed by atoms with Crippen molar-refractivity contribution in [2.24, 2.45) is 0 Å². The number of fused-ring (bicyclic) bond motifs is 8. The van der Waals surface area contributed by atoms with Crippen LogP contribution >= 0.6 is 0 Å². The number of rotatable bonds is 4. The quantitative estimate of drug-likeness (QED) is 0.179. The Hall–Kier alpha value is -7.85. The summed E-state index contributed by atoms with van der Waals surface area (Å²) >= 11 is 0. The van der Waals surface area contributed by atoms with Crippen LogP contribution in [0.25, 0.3) is 87.7 Å². The molecule has 0 fully saturated rings. The van der Waals surface area contributed by atoms with Crippen molar-refractivity contribution in [3.8, 4) is 0 Å². The molecule has 298 valence electrons. The van der Waals surface area contributed by atoms with Gasteiger partial charge in [0, 0.05) is 63.6 Å². The summed E-state index contributed by atoms with van der Waals surface area (Å²) in [6.45, 7) is 0. The van der Waals surface area contributed by atoms with Crippen LogP contribution in [0.4, 0.5) is 28.4 Å². The van der Waals surface area contributed by atoms with Gasteiger partial charge in [0.25, 0.3) is 0 Å². The third-order valence-corrected chi connectivity index (χ3v) is 15.1. The Labute approximate surface area is 369 Å². The second-order valence-corrected chi connectivity index (χ2v) is 18.2. The monoisotopic (exact) mass is 814 g/mol. The van der Waals surface area contributed by atoms with Crippen molar-refractivity contribution in [3.05, 3.63) is 216 Å². The fourth-order valence-electron chi connectivity index (χ4n) is 12.4. The standard InChI is InChI=1S/C61H39N3/c1-2-15-46-36(8-1)26-31-52-59(46)60-48-16-6-17-50(47(48)29-32-53(60)64(52)54-18-5-13-42-14-7-33-62-61(42)54)63(45-34-43-23-21-37-9-3-10-38-22-24-44(35-45)57(43)55(37)38)51-30-27-41-20-19-39-11-4-12-40-25-28-49(51)58(41)56(39)40/h1-3,5-11,13-35,52,59H,4,12H2/p+1. The van der Waals surface area contributed by atoms with Crippen LogP contribution in [-0.4, -0.2) is 11.0 Å². The van der Waals surface area contributed by atoms with E-state index in [9.17, 15) is 0 Å². The Morgan fingerprint density at radius 3 is 2.14 bits per heavy atom. The van der Waals surface area contributed by atoms with Crippen LogP contribution in [0.1, 0.15) is 34.6 Å². The van der Waals surface area contributed by atoms with Gasteiger partial charge in [-0.3, -0.25) is 4.98 Å². The Morgan fingerprint density at radius 1 is 0.516 bits per heavy atom. The molecule has 64 heavy (non-hydrogen) atoms. The maximum atomic E-state index is 4.99. The van der Waals surface area contributed by atoms with Gasteiger partial charge in [0.05, 0.1) is 17.2 Å². The van der Waals surface area contributed by atoms with Crippen LogP contribution in [0, 0.1) is 0 Å². The van der Waals surface area contributed by atoms with Gasteiger partial charge in [-0.2, -0.15) is 0 Å². The summed E-state index contributed by atoms with van der Waals surface area (Å²) in [4.78, 5) is 8.83. The molecule has 3 aliphatic rings. The van der Waals surface area contributed by atoms with E-state index in [2.05, 4.69) is 193 Å². The molecule has 1 N–H and O–H groups in total. The fraction of sp³-hybridized carbons (Fsp3) is 0.0656. The number of quaternary nitrogens is 1. The van der Waals surface area contributed by atoms with Gasteiger partial charge in [0.1, 0.15) is 17.1 Å². The maximum Gasteiger partial charge on any atom is 0.149 e. The van der Waals surface area contributed by atoms with Crippen LogP contribution in [0.15, 0.2) is 188 Å². The highest BCUT2D eigenvalue weighted by Crippen LogP contribution is 2.55. The van der Waals surface area contributed by atoms with Crippen LogP contribution < -0.4 is 15.0 Å². The van der Waals surface area contributed by atoms with Gasteiger partial charge in [0.2, 0.25) is 0 Å². The molecule has 0 radical (unpaired) electrons. The summed E-state index contributed by atoms with van der Waals surface area (Å²) in [6.07, 6.45) is 11.3. The Balaban J connectivity index is 1.03. The van der Waals surface area contributed by atoms with Gasteiger partial charge in [-0.1, -0.05) is 133 Å². The van der Waals surface area contributed by atoms with E-state index in [0.717, 1.165) is 29.4 Å². The lowest BCUT2D eigenvalue weighted by molar-refractivity contribution is -0.678. The average molecular weight is 815 g/mol. The largest absolute Gasteiger partial charge is 0.331 e. The van der Waals surface area contributed by atoms with Gasteiger partial charge in [-0.05, 0) is 125 Å². The van der Waals surface area contributed by atoms with Crippen molar-refractivity contribution in [1.82, 2.24) is 4.98 Å². The number of pyridine rings is 1. The smallest absolute Gasteiger partial charge is 0.149 e. The first-order valence-electron chi connectivity index (χ1n) is 22.7. The van der Waals surface area contributed by atoms with Crippen molar-refractivity contribution in [1.29, 1.82) is 0 Å². The molecule has 3 atom stereocenters. The molecule has 0 spiro atoms. The number of hydrogen-bond acceptors (Lipinski definition) is 2. The minimum atomic E-state index is 0.0961. The molecule has 3 unspecified atom stereocenters. The maximum absolute atomic E-state index is 4.99. The Bertz CT molecular complexity index is 4000. The molecule has 0 bridgehead atoms. The van der Waals surface area contributed by atoms with Crippen LogP contribution in [0.2, 0.25) is 0 Å². The summed E-state index contributed by atoms with van der Waals surface area (Å²) in [5, 5.41) is 18.3. The van der Waals surface area contributed by atoms with Crippen LogP contribution in [-0.2, 0) is 6.42 Å². The van der Waals surface area contributed by atoms with E-state index < -0.39 is 0 Å². The molecular weight excluding hydrogens is 775 g/mol. The van der Waals surface area contributed by atoms with E-state index >= 15 is 0 Å². The number of aryl methyl sites for hydroxylation is 1. The predicted octanol–water partition coefficient (Wildman–Crippen LogP) is 13.9. The molecule has 12 aromatic rings. The molecule has 0 saturated heterocycles. The van der Waals surface area contributed by atoms with Gasteiger partial charge in [-0.15, -0.1) is 0 Å². The normalized spacial score (nSPS) is 16.9.